The standard InChI is InChI=1S/C22H18ClNO6S2/c1-30-20(25)15-4-2-3-14(11-15)17-12-22(17,21(26)27)24-32(28,29)19-10-9-18(31-19)13-5-7-16(23)8-6-13/h2-11,17,24H,12H2,1H3,(H,26,27). The molecule has 0 bridgehead atoms. The third kappa shape index (κ3) is 4.16. The molecule has 1 heterocycles. The maximum absolute atomic E-state index is 13.0. The van der Waals surface area contributed by atoms with Crippen LogP contribution < -0.4 is 4.72 Å². The number of ether oxygens (including phenoxy) is 1. The lowest BCUT2D eigenvalue weighted by molar-refractivity contribution is -0.140. The average Bonchev–Trinajstić information content (AvgIpc) is 3.27. The lowest BCUT2D eigenvalue weighted by Gasteiger charge is -2.15. The molecule has 1 aromatic heterocycles. The second kappa shape index (κ2) is 8.32. The minimum absolute atomic E-state index is 0.0111. The summed E-state index contributed by atoms with van der Waals surface area (Å²) in [6.45, 7) is 0. The Hall–Kier alpha value is -2.72. The van der Waals surface area contributed by atoms with Gasteiger partial charge in [0.25, 0.3) is 10.0 Å². The summed E-state index contributed by atoms with van der Waals surface area (Å²) in [5.74, 6) is -2.44. The van der Waals surface area contributed by atoms with Gasteiger partial charge in [0.2, 0.25) is 0 Å². The van der Waals surface area contributed by atoms with E-state index in [9.17, 15) is 23.1 Å². The molecule has 0 aliphatic heterocycles. The van der Waals surface area contributed by atoms with E-state index in [2.05, 4.69) is 4.72 Å². The third-order valence-corrected chi connectivity index (χ3v) is 8.73. The first-order chi connectivity index (χ1) is 15.2. The highest BCUT2D eigenvalue weighted by molar-refractivity contribution is 7.91. The van der Waals surface area contributed by atoms with Gasteiger partial charge in [0.15, 0.2) is 0 Å². The number of aliphatic carboxylic acids is 1. The summed E-state index contributed by atoms with van der Waals surface area (Å²) in [6.07, 6.45) is 0.0710. The summed E-state index contributed by atoms with van der Waals surface area (Å²) in [5.41, 5.74) is -0.0634. The number of esters is 1. The van der Waals surface area contributed by atoms with E-state index in [0.717, 1.165) is 16.9 Å². The van der Waals surface area contributed by atoms with Crippen molar-refractivity contribution in [1.29, 1.82) is 0 Å². The van der Waals surface area contributed by atoms with Crippen LogP contribution in [-0.4, -0.2) is 38.1 Å². The molecule has 4 rings (SSSR count). The van der Waals surface area contributed by atoms with E-state index in [4.69, 9.17) is 16.3 Å². The Labute approximate surface area is 193 Å². The number of halogens is 1. The molecule has 32 heavy (non-hydrogen) atoms. The highest BCUT2D eigenvalue weighted by Crippen LogP contribution is 2.52. The van der Waals surface area contributed by atoms with E-state index < -0.39 is 33.4 Å². The third-order valence-electron chi connectivity index (χ3n) is 5.34. The number of nitrogens with one attached hydrogen (secondary N) is 1. The van der Waals surface area contributed by atoms with Crippen LogP contribution in [0, 0.1) is 0 Å². The van der Waals surface area contributed by atoms with Gasteiger partial charge >= 0.3 is 11.9 Å². The summed E-state index contributed by atoms with van der Waals surface area (Å²) in [4.78, 5) is 24.6. The second-order valence-electron chi connectivity index (χ2n) is 7.38. The number of carbonyl (C=O) groups excluding carboxylic acids is 1. The number of methoxy groups -OCH3 is 1. The van der Waals surface area contributed by atoms with E-state index >= 15 is 0 Å². The quantitative estimate of drug-likeness (QED) is 0.480. The maximum atomic E-state index is 13.0. The molecule has 3 aromatic rings. The van der Waals surface area contributed by atoms with E-state index in [0.29, 0.717) is 15.5 Å². The van der Waals surface area contributed by atoms with Gasteiger partial charge in [-0.3, -0.25) is 4.79 Å². The molecule has 0 radical (unpaired) electrons. The normalized spacial score (nSPS) is 20.0. The molecule has 1 aliphatic rings. The minimum Gasteiger partial charge on any atom is -0.480 e. The van der Waals surface area contributed by atoms with Crippen molar-refractivity contribution in [2.75, 3.05) is 7.11 Å². The van der Waals surface area contributed by atoms with Crippen LogP contribution in [0.1, 0.15) is 28.3 Å². The van der Waals surface area contributed by atoms with Gasteiger partial charge in [-0.15, -0.1) is 11.3 Å². The van der Waals surface area contributed by atoms with E-state index in [1.165, 1.54) is 19.2 Å². The molecule has 1 aliphatic carbocycles. The van der Waals surface area contributed by atoms with Crippen LogP contribution in [0.2, 0.25) is 5.02 Å². The first-order valence-electron chi connectivity index (χ1n) is 9.48. The van der Waals surface area contributed by atoms with Gasteiger partial charge in [0.05, 0.1) is 12.7 Å². The number of carbonyl (C=O) groups is 2. The molecule has 166 valence electrons. The van der Waals surface area contributed by atoms with Gasteiger partial charge < -0.3 is 9.84 Å². The van der Waals surface area contributed by atoms with E-state index in [1.54, 1.807) is 48.5 Å². The first kappa shape index (κ1) is 22.5. The molecule has 0 spiro atoms. The fraction of sp³-hybridized carbons (Fsp3) is 0.182. The first-order valence-corrected chi connectivity index (χ1v) is 12.2. The Morgan fingerprint density at radius 3 is 2.53 bits per heavy atom. The predicted octanol–water partition coefficient (Wildman–Crippen LogP) is 4.14. The predicted molar refractivity (Wildman–Crippen MR) is 121 cm³/mol. The second-order valence-corrected chi connectivity index (χ2v) is 10.8. The monoisotopic (exact) mass is 491 g/mol. The van der Waals surface area contributed by atoms with Gasteiger partial charge in [-0.05, 0) is 53.9 Å². The van der Waals surface area contributed by atoms with Gasteiger partial charge in [-0.1, -0.05) is 35.9 Å². The van der Waals surface area contributed by atoms with Crippen LogP contribution in [0.15, 0.2) is 64.9 Å². The zero-order chi connectivity index (χ0) is 23.1. The lowest BCUT2D eigenvalue weighted by Crippen LogP contribution is -2.44. The van der Waals surface area contributed by atoms with Crippen LogP contribution in [-0.2, 0) is 19.6 Å². The van der Waals surface area contributed by atoms with Crippen molar-refractivity contribution >= 4 is 44.9 Å². The maximum Gasteiger partial charge on any atom is 0.337 e. The summed E-state index contributed by atoms with van der Waals surface area (Å²) in [7, 11) is -2.85. The molecule has 7 nitrogen and oxygen atoms in total. The Balaban J connectivity index is 1.60. The zero-order valence-corrected chi connectivity index (χ0v) is 19.1. The fourth-order valence-corrected chi connectivity index (χ4v) is 6.42. The summed E-state index contributed by atoms with van der Waals surface area (Å²) in [6, 6.07) is 16.4. The van der Waals surface area contributed by atoms with Crippen molar-refractivity contribution < 1.29 is 27.9 Å². The lowest BCUT2D eigenvalue weighted by atomic mass is 10.0. The van der Waals surface area contributed by atoms with Crippen LogP contribution in [0.25, 0.3) is 10.4 Å². The van der Waals surface area contributed by atoms with E-state index in [1.807, 2.05) is 0 Å². The van der Waals surface area contributed by atoms with Crippen LogP contribution in [0.4, 0.5) is 0 Å². The summed E-state index contributed by atoms with van der Waals surface area (Å²) in [5, 5.41) is 10.4. The fourth-order valence-electron chi connectivity index (χ4n) is 3.58. The number of rotatable bonds is 7. The van der Waals surface area contributed by atoms with Gasteiger partial charge in [0, 0.05) is 15.8 Å². The topological polar surface area (TPSA) is 110 Å². The Morgan fingerprint density at radius 2 is 1.88 bits per heavy atom. The number of carboxylic acids is 1. The summed E-state index contributed by atoms with van der Waals surface area (Å²) >= 11 is 6.94. The Morgan fingerprint density at radius 1 is 1.16 bits per heavy atom. The van der Waals surface area contributed by atoms with Crippen molar-refractivity contribution in [3.05, 3.63) is 76.8 Å². The Kier molecular flexibility index (Phi) is 5.85. The molecule has 1 fully saturated rings. The number of thiophene rings is 1. The number of hydrogen-bond donors (Lipinski definition) is 2. The average molecular weight is 492 g/mol. The van der Waals surface area contributed by atoms with Crippen LogP contribution >= 0.6 is 22.9 Å². The highest BCUT2D eigenvalue weighted by atomic mass is 35.5. The number of sulfonamides is 1. The minimum atomic E-state index is -4.10. The molecular weight excluding hydrogens is 474 g/mol. The largest absolute Gasteiger partial charge is 0.480 e. The van der Waals surface area contributed by atoms with Gasteiger partial charge in [-0.2, -0.15) is 4.72 Å². The highest BCUT2D eigenvalue weighted by Gasteiger charge is 2.63. The number of benzene rings is 2. The SMILES string of the molecule is COC(=O)c1cccc(C2CC2(NS(=O)(=O)c2ccc(-c3ccc(Cl)cc3)s2)C(=O)O)c1. The van der Waals surface area contributed by atoms with E-state index in [-0.39, 0.29) is 16.2 Å². The van der Waals surface area contributed by atoms with Crippen LogP contribution in [0.5, 0.6) is 0 Å². The Bertz CT molecular complexity index is 1300. The molecule has 2 atom stereocenters. The molecule has 0 amide bonds. The molecule has 1 saturated carbocycles. The van der Waals surface area contributed by atoms with Crippen LogP contribution in [0.3, 0.4) is 0 Å². The number of carboxylic acid groups (broad SMARTS) is 1. The molecule has 2 N–H and O–H groups in total. The van der Waals surface area contributed by atoms with Crippen molar-refractivity contribution in [3.8, 4) is 10.4 Å². The molecular formula is C22H18ClNO6S2. The molecule has 2 unspecified atom stereocenters. The molecule has 10 heteroatoms. The van der Waals surface area contributed by atoms with Gasteiger partial charge in [-0.25, -0.2) is 13.2 Å². The van der Waals surface area contributed by atoms with Crippen molar-refractivity contribution in [3.63, 3.8) is 0 Å². The van der Waals surface area contributed by atoms with Gasteiger partial charge in [0.1, 0.15) is 9.75 Å². The molecule has 0 saturated heterocycles. The van der Waals surface area contributed by atoms with Crippen molar-refractivity contribution in [1.82, 2.24) is 4.72 Å². The molecule has 2 aromatic carbocycles. The number of hydrogen-bond acceptors (Lipinski definition) is 6. The smallest absolute Gasteiger partial charge is 0.337 e. The zero-order valence-electron chi connectivity index (χ0n) is 16.7. The van der Waals surface area contributed by atoms with Crippen molar-refractivity contribution in [2.45, 2.75) is 22.1 Å². The van der Waals surface area contributed by atoms with Crippen molar-refractivity contribution in [2.24, 2.45) is 0 Å². The summed E-state index contributed by atoms with van der Waals surface area (Å²) < 4.78 is 33.2.